The Balaban J connectivity index is 1.30. The first kappa shape index (κ1) is 27.7. The van der Waals surface area contributed by atoms with Gasteiger partial charge in [-0.3, -0.25) is 9.59 Å². The van der Waals surface area contributed by atoms with Crippen LogP contribution in [0.2, 0.25) is 10.0 Å². The number of halogens is 3. The van der Waals surface area contributed by atoms with Crippen LogP contribution in [0, 0.1) is 17.2 Å². The third kappa shape index (κ3) is 5.87. The Bertz CT molecular complexity index is 1260. The number of piperidine rings is 1. The van der Waals surface area contributed by atoms with Crippen molar-refractivity contribution >= 4 is 41.1 Å². The van der Waals surface area contributed by atoms with Crippen molar-refractivity contribution in [2.75, 3.05) is 33.2 Å². The van der Waals surface area contributed by atoms with E-state index in [0.29, 0.717) is 49.1 Å². The molecule has 2 aromatic rings. The van der Waals surface area contributed by atoms with E-state index in [4.69, 9.17) is 27.9 Å². The maximum Gasteiger partial charge on any atom is 0.415 e. The summed E-state index contributed by atoms with van der Waals surface area (Å²) in [7, 11) is 1.64. The molecule has 1 aliphatic carbocycles. The third-order valence-electron chi connectivity index (χ3n) is 8.42. The molecule has 7 nitrogen and oxygen atoms in total. The SMILES string of the molecule is CN(C(=O)Oc1ccc(F)cc1)[C@@H]1CN(C(=O)C2CCN(C(=O)C3(C)CC3)CC2)C[C@H]1c1ccc(Cl)c(Cl)c1. The number of likely N-dealkylation sites (N-methyl/N-ethyl adjacent to an activating group) is 1. The third-order valence-corrected chi connectivity index (χ3v) is 9.16. The highest BCUT2D eigenvalue weighted by molar-refractivity contribution is 6.42. The summed E-state index contributed by atoms with van der Waals surface area (Å²) in [6.07, 6.45) is 2.52. The molecule has 1 saturated carbocycles. The number of hydrogen-bond acceptors (Lipinski definition) is 4. The molecule has 0 N–H and O–H groups in total. The average Bonchev–Trinajstić information content (AvgIpc) is 3.53. The summed E-state index contributed by atoms with van der Waals surface area (Å²) >= 11 is 12.5. The summed E-state index contributed by atoms with van der Waals surface area (Å²) in [4.78, 5) is 44.7. The standard InChI is InChI=1S/C29H32Cl2FN3O4/c1-29(11-12-29)27(37)34-13-9-18(10-14-34)26(36)35-16-22(19-3-8-23(30)24(31)15-19)25(17-35)33(2)28(38)39-21-6-4-20(32)5-7-21/h3-8,15,18,22,25H,9-14,16-17H2,1-2H3/t22-,25+/m0/s1. The van der Waals surface area contributed by atoms with Gasteiger partial charge in [-0.05, 0) is 67.6 Å². The first-order valence-corrected chi connectivity index (χ1v) is 14.0. The zero-order chi connectivity index (χ0) is 27.9. The van der Waals surface area contributed by atoms with Gasteiger partial charge in [-0.25, -0.2) is 9.18 Å². The smallest absolute Gasteiger partial charge is 0.410 e. The number of rotatable bonds is 5. The lowest BCUT2D eigenvalue weighted by atomic mass is 9.93. The van der Waals surface area contributed by atoms with E-state index in [9.17, 15) is 18.8 Å². The molecular weight excluding hydrogens is 544 g/mol. The van der Waals surface area contributed by atoms with Gasteiger partial charge >= 0.3 is 6.09 Å². The number of carbonyl (C=O) groups is 3. The summed E-state index contributed by atoms with van der Waals surface area (Å²) in [6.45, 7) is 3.92. The zero-order valence-electron chi connectivity index (χ0n) is 22.0. The van der Waals surface area contributed by atoms with Gasteiger partial charge in [0.2, 0.25) is 11.8 Å². The zero-order valence-corrected chi connectivity index (χ0v) is 23.6. The maximum absolute atomic E-state index is 13.7. The lowest BCUT2D eigenvalue weighted by Crippen LogP contribution is -2.46. The second-order valence-electron chi connectivity index (χ2n) is 11.2. The van der Waals surface area contributed by atoms with Crippen LogP contribution in [0.1, 0.15) is 44.1 Å². The molecule has 208 valence electrons. The quantitative estimate of drug-likeness (QED) is 0.465. The Morgan fingerprint density at radius 1 is 0.974 bits per heavy atom. The van der Waals surface area contributed by atoms with Gasteiger partial charge in [0.25, 0.3) is 0 Å². The highest BCUT2D eigenvalue weighted by atomic mass is 35.5. The fourth-order valence-electron chi connectivity index (χ4n) is 5.61. The summed E-state index contributed by atoms with van der Waals surface area (Å²) in [5.41, 5.74) is 0.656. The molecule has 3 aliphatic rings. The van der Waals surface area contributed by atoms with E-state index in [1.54, 1.807) is 19.2 Å². The van der Waals surface area contributed by atoms with Crippen LogP contribution in [-0.4, -0.2) is 71.9 Å². The van der Waals surface area contributed by atoms with Crippen LogP contribution < -0.4 is 4.74 Å². The molecule has 2 saturated heterocycles. The lowest BCUT2D eigenvalue weighted by Gasteiger charge is -2.34. The number of carbonyl (C=O) groups excluding carboxylic acids is 3. The van der Waals surface area contributed by atoms with Crippen LogP contribution in [0.15, 0.2) is 42.5 Å². The van der Waals surface area contributed by atoms with Gasteiger partial charge in [0.05, 0.1) is 16.1 Å². The van der Waals surface area contributed by atoms with Gasteiger partial charge < -0.3 is 19.4 Å². The number of nitrogens with zero attached hydrogens (tertiary/aromatic N) is 3. The molecule has 2 heterocycles. The van der Waals surface area contributed by atoms with Crippen LogP contribution in [0.25, 0.3) is 0 Å². The van der Waals surface area contributed by atoms with Gasteiger partial charge in [0.15, 0.2) is 0 Å². The second-order valence-corrected chi connectivity index (χ2v) is 12.0. The molecule has 2 aliphatic heterocycles. The van der Waals surface area contributed by atoms with Crippen molar-refractivity contribution in [2.45, 2.75) is 44.6 Å². The first-order chi connectivity index (χ1) is 18.6. The number of benzene rings is 2. The van der Waals surface area contributed by atoms with Crippen molar-refractivity contribution < 1.29 is 23.5 Å². The van der Waals surface area contributed by atoms with Gasteiger partial charge in [-0.15, -0.1) is 0 Å². The van der Waals surface area contributed by atoms with Crippen molar-refractivity contribution in [3.63, 3.8) is 0 Å². The van der Waals surface area contributed by atoms with E-state index in [1.165, 1.54) is 29.2 Å². The maximum atomic E-state index is 13.7. The van der Waals surface area contributed by atoms with Crippen molar-refractivity contribution in [1.29, 1.82) is 0 Å². The fourth-order valence-corrected chi connectivity index (χ4v) is 5.92. The topological polar surface area (TPSA) is 70.2 Å². The van der Waals surface area contributed by atoms with Crippen molar-refractivity contribution in [1.82, 2.24) is 14.7 Å². The fraction of sp³-hybridized carbons (Fsp3) is 0.483. The monoisotopic (exact) mass is 575 g/mol. The minimum Gasteiger partial charge on any atom is -0.410 e. The summed E-state index contributed by atoms with van der Waals surface area (Å²) < 4.78 is 18.8. The molecule has 3 amide bonds. The second kappa shape index (κ2) is 11.0. The average molecular weight is 576 g/mol. The minimum absolute atomic E-state index is 0.0348. The largest absolute Gasteiger partial charge is 0.415 e. The molecule has 0 aromatic heterocycles. The summed E-state index contributed by atoms with van der Waals surface area (Å²) in [5.74, 6) is -0.351. The van der Waals surface area contributed by atoms with Crippen LogP contribution in [0.4, 0.5) is 9.18 Å². The van der Waals surface area contributed by atoms with Gasteiger partial charge in [0.1, 0.15) is 11.6 Å². The Labute approximate surface area is 237 Å². The van der Waals surface area contributed by atoms with E-state index in [0.717, 1.165) is 18.4 Å². The van der Waals surface area contributed by atoms with Crippen LogP contribution >= 0.6 is 23.2 Å². The van der Waals surface area contributed by atoms with Crippen molar-refractivity contribution in [3.8, 4) is 5.75 Å². The Morgan fingerprint density at radius 2 is 1.64 bits per heavy atom. The molecular formula is C29H32Cl2FN3O4. The lowest BCUT2D eigenvalue weighted by molar-refractivity contribution is -0.142. The van der Waals surface area contributed by atoms with Crippen LogP contribution in [-0.2, 0) is 9.59 Å². The van der Waals surface area contributed by atoms with Crippen molar-refractivity contribution in [3.05, 3.63) is 63.9 Å². The normalized spacial score (nSPS) is 22.5. The molecule has 10 heteroatoms. The molecule has 0 spiro atoms. The predicted octanol–water partition coefficient (Wildman–Crippen LogP) is 5.60. The molecule has 3 fully saturated rings. The Morgan fingerprint density at radius 3 is 2.26 bits per heavy atom. The van der Waals surface area contributed by atoms with E-state index >= 15 is 0 Å². The number of hydrogen-bond donors (Lipinski definition) is 0. The van der Waals surface area contributed by atoms with E-state index < -0.39 is 11.9 Å². The predicted molar refractivity (Wildman–Crippen MR) is 146 cm³/mol. The molecule has 39 heavy (non-hydrogen) atoms. The highest BCUT2D eigenvalue weighted by Gasteiger charge is 2.48. The van der Waals surface area contributed by atoms with Gasteiger partial charge in [-0.2, -0.15) is 0 Å². The Kier molecular flexibility index (Phi) is 7.80. The molecule has 0 bridgehead atoms. The van der Waals surface area contributed by atoms with Gasteiger partial charge in [-0.1, -0.05) is 36.2 Å². The van der Waals surface area contributed by atoms with Crippen LogP contribution in [0.5, 0.6) is 5.75 Å². The first-order valence-electron chi connectivity index (χ1n) is 13.3. The Hall–Kier alpha value is -2.84. The van der Waals surface area contributed by atoms with E-state index in [2.05, 4.69) is 0 Å². The van der Waals surface area contributed by atoms with E-state index in [-0.39, 0.29) is 40.9 Å². The summed E-state index contributed by atoms with van der Waals surface area (Å²) in [6, 6.07) is 10.2. The van der Waals surface area contributed by atoms with Crippen LogP contribution in [0.3, 0.4) is 0 Å². The number of ether oxygens (including phenoxy) is 1. The van der Waals surface area contributed by atoms with Crippen molar-refractivity contribution in [2.24, 2.45) is 11.3 Å². The molecule has 5 rings (SSSR count). The minimum atomic E-state index is -0.605. The molecule has 2 atom stereocenters. The molecule has 2 aromatic carbocycles. The van der Waals surface area contributed by atoms with E-state index in [1.807, 2.05) is 22.8 Å². The number of likely N-dealkylation sites (tertiary alicyclic amines) is 2. The summed E-state index contributed by atoms with van der Waals surface area (Å²) in [5, 5.41) is 0.823. The molecule has 0 radical (unpaired) electrons. The molecule has 0 unspecified atom stereocenters. The highest BCUT2D eigenvalue weighted by Crippen LogP contribution is 2.47. The van der Waals surface area contributed by atoms with Gasteiger partial charge in [0, 0.05) is 50.5 Å². The number of amides is 3.